The molecule has 27 heavy (non-hydrogen) atoms. The minimum Gasteiger partial charge on any atom is -0.352 e. The monoisotopic (exact) mass is 360 g/mol. The Balaban J connectivity index is 1.66. The van der Waals surface area contributed by atoms with Gasteiger partial charge >= 0.3 is 0 Å². The Morgan fingerprint density at radius 3 is 2.59 bits per heavy atom. The molecule has 4 rings (SSSR count). The lowest BCUT2D eigenvalue weighted by Crippen LogP contribution is -2.20. The van der Waals surface area contributed by atoms with Gasteiger partial charge in [0.25, 0.3) is 5.69 Å². The van der Waals surface area contributed by atoms with Crippen LogP contribution in [0.5, 0.6) is 0 Å². The van der Waals surface area contributed by atoms with Crippen LogP contribution >= 0.6 is 0 Å². The summed E-state index contributed by atoms with van der Waals surface area (Å²) in [6.45, 7) is 1.48. The summed E-state index contributed by atoms with van der Waals surface area (Å²) < 4.78 is 0. The number of nitro benzene ring substituents is 1. The Kier molecular flexibility index (Phi) is 4.26. The molecular formula is C19H16N6O2. The van der Waals surface area contributed by atoms with E-state index in [-0.39, 0.29) is 17.1 Å². The van der Waals surface area contributed by atoms with E-state index in [1.807, 2.05) is 23.1 Å². The fourth-order valence-corrected chi connectivity index (χ4v) is 3.43. The first kappa shape index (κ1) is 16.7. The molecule has 0 saturated carbocycles. The van der Waals surface area contributed by atoms with Gasteiger partial charge in [0.15, 0.2) is 11.5 Å². The lowest BCUT2D eigenvalue weighted by atomic mass is 9.99. The van der Waals surface area contributed by atoms with Crippen LogP contribution in [0.3, 0.4) is 0 Å². The van der Waals surface area contributed by atoms with Crippen molar-refractivity contribution in [1.29, 1.82) is 5.26 Å². The minimum atomic E-state index is -0.480. The van der Waals surface area contributed by atoms with Crippen LogP contribution in [-0.4, -0.2) is 33.0 Å². The Bertz CT molecular complexity index is 1020. The lowest BCUT2D eigenvalue weighted by molar-refractivity contribution is -0.384. The summed E-state index contributed by atoms with van der Waals surface area (Å²) in [5, 5.41) is 29.3. The van der Waals surface area contributed by atoms with Crippen LogP contribution in [0.15, 0.2) is 54.6 Å². The third-order valence-corrected chi connectivity index (χ3v) is 4.75. The van der Waals surface area contributed by atoms with Gasteiger partial charge < -0.3 is 4.90 Å². The van der Waals surface area contributed by atoms with E-state index in [9.17, 15) is 15.4 Å². The van der Waals surface area contributed by atoms with Crippen LogP contribution in [0.2, 0.25) is 0 Å². The van der Waals surface area contributed by atoms with E-state index in [2.05, 4.69) is 28.4 Å². The highest BCUT2D eigenvalue weighted by atomic mass is 16.6. The number of hydrogen-bond acceptors (Lipinski definition) is 6. The number of nitro groups is 1. The van der Waals surface area contributed by atoms with Gasteiger partial charge in [-0.25, -0.2) is 0 Å². The van der Waals surface area contributed by atoms with Crippen LogP contribution in [0.4, 0.5) is 11.5 Å². The van der Waals surface area contributed by atoms with E-state index in [0.29, 0.717) is 11.7 Å². The van der Waals surface area contributed by atoms with Crippen molar-refractivity contribution in [3.8, 4) is 11.8 Å². The molecular weight excluding hydrogens is 344 g/mol. The molecule has 8 nitrogen and oxygen atoms in total. The van der Waals surface area contributed by atoms with Crippen LogP contribution < -0.4 is 4.90 Å². The van der Waals surface area contributed by atoms with Crippen molar-refractivity contribution in [2.24, 2.45) is 0 Å². The topological polar surface area (TPSA) is 101 Å². The lowest BCUT2D eigenvalue weighted by Gasteiger charge is -2.15. The number of nitrogens with zero attached hydrogens (tertiary/aromatic N) is 6. The van der Waals surface area contributed by atoms with Gasteiger partial charge in [0.2, 0.25) is 5.69 Å². The molecule has 1 unspecified atom stereocenters. The highest BCUT2D eigenvalue weighted by molar-refractivity contribution is 5.55. The van der Waals surface area contributed by atoms with Crippen LogP contribution in [0.25, 0.3) is 5.69 Å². The molecule has 1 aliphatic heterocycles. The molecule has 3 aromatic rings. The second kappa shape index (κ2) is 6.88. The van der Waals surface area contributed by atoms with Crippen molar-refractivity contribution in [1.82, 2.24) is 15.0 Å². The SMILES string of the molecule is N#Cc1nn(-c2ccccc2[N+](=O)[O-])nc1N1CCC(c2ccccc2)C1. The number of hydrogen-bond donors (Lipinski definition) is 0. The van der Waals surface area contributed by atoms with Gasteiger partial charge in [-0.1, -0.05) is 42.5 Å². The number of benzene rings is 2. The molecule has 134 valence electrons. The standard InChI is InChI=1S/C19H16N6O2/c20-12-16-19(23-11-10-15(13-23)14-6-2-1-3-7-14)22-24(21-16)17-8-4-5-9-18(17)25(26)27/h1-9,15H,10-11,13H2. The summed E-state index contributed by atoms with van der Waals surface area (Å²) in [6.07, 6.45) is 0.952. The van der Waals surface area contributed by atoms with Crippen molar-refractivity contribution in [2.45, 2.75) is 12.3 Å². The van der Waals surface area contributed by atoms with Gasteiger partial charge in [-0.3, -0.25) is 10.1 Å². The predicted octanol–water partition coefficient (Wildman–Crippen LogP) is 3.04. The first-order valence-corrected chi connectivity index (χ1v) is 8.58. The zero-order valence-electron chi connectivity index (χ0n) is 14.4. The molecule has 2 aromatic carbocycles. The molecule has 0 amide bonds. The smallest absolute Gasteiger partial charge is 0.296 e. The highest BCUT2D eigenvalue weighted by Gasteiger charge is 2.29. The number of aromatic nitrogens is 3. The van der Waals surface area contributed by atoms with E-state index < -0.39 is 4.92 Å². The van der Waals surface area contributed by atoms with Crippen LogP contribution in [-0.2, 0) is 0 Å². The minimum absolute atomic E-state index is 0.105. The average Bonchev–Trinajstić information content (AvgIpc) is 3.35. The van der Waals surface area contributed by atoms with Crippen molar-refractivity contribution in [3.05, 3.63) is 76.0 Å². The molecule has 1 aliphatic rings. The molecule has 1 aromatic heterocycles. The van der Waals surface area contributed by atoms with E-state index in [4.69, 9.17) is 0 Å². The van der Waals surface area contributed by atoms with Crippen molar-refractivity contribution < 1.29 is 4.92 Å². The highest BCUT2D eigenvalue weighted by Crippen LogP contribution is 2.31. The summed E-state index contributed by atoms with van der Waals surface area (Å²) in [5.41, 5.74) is 1.56. The Morgan fingerprint density at radius 2 is 1.85 bits per heavy atom. The summed E-state index contributed by atoms with van der Waals surface area (Å²) in [7, 11) is 0. The van der Waals surface area contributed by atoms with Crippen molar-refractivity contribution in [2.75, 3.05) is 18.0 Å². The van der Waals surface area contributed by atoms with Gasteiger partial charge in [0.05, 0.1) is 4.92 Å². The Hall–Kier alpha value is -3.73. The molecule has 1 saturated heterocycles. The molecule has 1 fully saturated rings. The molecule has 0 radical (unpaired) electrons. The molecule has 1 atom stereocenters. The number of nitriles is 1. The first-order valence-electron chi connectivity index (χ1n) is 8.58. The van der Waals surface area contributed by atoms with Crippen molar-refractivity contribution in [3.63, 3.8) is 0 Å². The van der Waals surface area contributed by atoms with E-state index >= 15 is 0 Å². The molecule has 0 spiro atoms. The number of rotatable bonds is 4. The third-order valence-electron chi connectivity index (χ3n) is 4.75. The predicted molar refractivity (Wildman–Crippen MR) is 98.7 cm³/mol. The van der Waals surface area contributed by atoms with E-state index in [1.54, 1.807) is 18.2 Å². The molecule has 0 N–H and O–H groups in total. The van der Waals surface area contributed by atoms with E-state index in [0.717, 1.165) is 19.5 Å². The zero-order chi connectivity index (χ0) is 18.8. The van der Waals surface area contributed by atoms with Crippen LogP contribution in [0.1, 0.15) is 23.6 Å². The maximum atomic E-state index is 11.3. The zero-order valence-corrected chi connectivity index (χ0v) is 14.4. The van der Waals surface area contributed by atoms with Crippen LogP contribution in [0, 0.1) is 21.4 Å². The average molecular weight is 360 g/mol. The largest absolute Gasteiger partial charge is 0.352 e. The molecule has 0 bridgehead atoms. The third kappa shape index (κ3) is 3.11. The summed E-state index contributed by atoms with van der Waals surface area (Å²) in [5.74, 6) is 0.822. The second-order valence-corrected chi connectivity index (χ2v) is 6.36. The Morgan fingerprint density at radius 1 is 1.11 bits per heavy atom. The summed E-state index contributed by atoms with van der Waals surface area (Å²) in [6, 6.07) is 18.5. The normalized spacial score (nSPS) is 16.3. The quantitative estimate of drug-likeness (QED) is 0.523. The van der Waals surface area contributed by atoms with Gasteiger partial charge in [-0.05, 0) is 18.1 Å². The maximum absolute atomic E-state index is 11.3. The summed E-state index contributed by atoms with van der Waals surface area (Å²) >= 11 is 0. The van der Waals surface area contributed by atoms with Gasteiger partial charge in [-0.15, -0.1) is 15.0 Å². The molecule has 8 heteroatoms. The number of anilines is 1. The molecule has 0 aliphatic carbocycles. The first-order chi connectivity index (χ1) is 13.2. The van der Waals surface area contributed by atoms with Gasteiger partial charge in [0.1, 0.15) is 6.07 Å². The fourth-order valence-electron chi connectivity index (χ4n) is 3.43. The second-order valence-electron chi connectivity index (χ2n) is 6.36. The van der Waals surface area contributed by atoms with E-state index in [1.165, 1.54) is 16.4 Å². The molecule has 2 heterocycles. The van der Waals surface area contributed by atoms with Crippen molar-refractivity contribution >= 4 is 11.5 Å². The fraction of sp³-hybridized carbons (Fsp3) is 0.211. The Labute approximate surface area is 155 Å². The van der Waals surface area contributed by atoms with Gasteiger partial charge in [0, 0.05) is 25.1 Å². The number of para-hydroxylation sites is 2. The summed E-state index contributed by atoms with van der Waals surface area (Å²) in [4.78, 5) is 14.0. The maximum Gasteiger partial charge on any atom is 0.296 e. The van der Waals surface area contributed by atoms with Gasteiger partial charge in [-0.2, -0.15) is 5.26 Å².